The van der Waals surface area contributed by atoms with Gasteiger partial charge in [-0.25, -0.2) is 4.98 Å². The van der Waals surface area contributed by atoms with Crippen LogP contribution < -0.4 is 10.1 Å². The number of hydrogen-bond acceptors (Lipinski definition) is 6. The van der Waals surface area contributed by atoms with E-state index in [2.05, 4.69) is 16.4 Å². The second kappa shape index (κ2) is 7.95. The average Bonchev–Trinajstić information content (AvgIpc) is 2.94. The number of para-hydroxylation sites is 1. The number of nitrogens with zero attached hydrogens (tertiary/aromatic N) is 2. The highest BCUT2D eigenvalue weighted by Gasteiger charge is 2.21. The number of amides is 1. The third kappa shape index (κ3) is 3.69. The lowest BCUT2D eigenvalue weighted by atomic mass is 10.1. The SMILES string of the molecule is COc1cccc2c(C)cc(SC(C)C(=O)Nc3oc(C)c(C)c3C#N)nc12. The van der Waals surface area contributed by atoms with Crippen LogP contribution in [-0.2, 0) is 4.79 Å². The van der Waals surface area contributed by atoms with Crippen LogP contribution >= 0.6 is 11.8 Å². The molecule has 1 atom stereocenters. The van der Waals surface area contributed by atoms with E-state index in [9.17, 15) is 10.1 Å². The molecule has 0 aliphatic carbocycles. The fraction of sp³-hybridized carbons (Fsp3) is 0.286. The number of furan rings is 1. The van der Waals surface area contributed by atoms with Crippen LogP contribution in [0.3, 0.4) is 0 Å². The Morgan fingerprint density at radius 3 is 2.79 bits per heavy atom. The van der Waals surface area contributed by atoms with Crippen molar-refractivity contribution in [3.8, 4) is 11.8 Å². The second-order valence-corrected chi connectivity index (χ2v) is 7.84. The van der Waals surface area contributed by atoms with Gasteiger partial charge in [0.1, 0.15) is 28.7 Å². The van der Waals surface area contributed by atoms with Crippen molar-refractivity contribution in [2.45, 2.75) is 38.0 Å². The number of carbonyl (C=O) groups is 1. The van der Waals surface area contributed by atoms with Crippen LogP contribution in [0.15, 0.2) is 33.7 Å². The van der Waals surface area contributed by atoms with Gasteiger partial charge in [0.05, 0.1) is 17.4 Å². The van der Waals surface area contributed by atoms with Gasteiger partial charge in [-0.2, -0.15) is 5.26 Å². The van der Waals surface area contributed by atoms with Crippen molar-refractivity contribution in [2.75, 3.05) is 12.4 Å². The van der Waals surface area contributed by atoms with Gasteiger partial charge in [-0.3, -0.25) is 10.1 Å². The summed E-state index contributed by atoms with van der Waals surface area (Å²) in [6, 6.07) is 9.82. The summed E-state index contributed by atoms with van der Waals surface area (Å²) in [7, 11) is 1.61. The minimum absolute atomic E-state index is 0.194. The Morgan fingerprint density at radius 1 is 1.36 bits per heavy atom. The predicted octanol–water partition coefficient (Wildman–Crippen LogP) is 4.75. The topological polar surface area (TPSA) is 88.1 Å². The summed E-state index contributed by atoms with van der Waals surface area (Å²) in [6.07, 6.45) is 0. The fourth-order valence-electron chi connectivity index (χ4n) is 2.88. The van der Waals surface area contributed by atoms with E-state index in [1.807, 2.05) is 31.2 Å². The molecule has 0 aliphatic rings. The third-order valence-electron chi connectivity index (χ3n) is 4.61. The second-order valence-electron chi connectivity index (χ2n) is 6.48. The van der Waals surface area contributed by atoms with Crippen molar-refractivity contribution < 1.29 is 13.9 Å². The maximum atomic E-state index is 12.6. The molecular formula is C21H21N3O3S. The highest BCUT2D eigenvalue weighted by molar-refractivity contribution is 8.00. The first-order valence-corrected chi connectivity index (χ1v) is 9.65. The molecular weight excluding hydrogens is 374 g/mol. The van der Waals surface area contributed by atoms with Gasteiger partial charge in [-0.15, -0.1) is 0 Å². The summed E-state index contributed by atoms with van der Waals surface area (Å²) >= 11 is 1.34. The Balaban J connectivity index is 1.83. The third-order valence-corrected chi connectivity index (χ3v) is 5.62. The standard InChI is InChI=1S/C21H21N3O3S/c1-11-9-18(23-19-15(11)7-6-8-17(19)26-5)28-14(4)20(25)24-21-16(10-22)12(2)13(3)27-21/h6-9,14H,1-5H3,(H,24,25). The summed E-state index contributed by atoms with van der Waals surface area (Å²) in [5, 5.41) is 13.3. The zero-order chi connectivity index (χ0) is 20.4. The summed E-state index contributed by atoms with van der Waals surface area (Å²) in [5.41, 5.74) is 2.91. The fourth-order valence-corrected chi connectivity index (χ4v) is 3.80. The number of nitrogens with one attached hydrogen (secondary N) is 1. The number of methoxy groups -OCH3 is 1. The molecule has 0 saturated carbocycles. The number of pyridine rings is 1. The summed E-state index contributed by atoms with van der Waals surface area (Å²) in [6.45, 7) is 7.35. The van der Waals surface area contributed by atoms with E-state index in [-0.39, 0.29) is 11.8 Å². The van der Waals surface area contributed by atoms with Crippen LogP contribution in [0.1, 0.15) is 29.4 Å². The van der Waals surface area contributed by atoms with E-state index < -0.39 is 5.25 Å². The van der Waals surface area contributed by atoms with E-state index in [1.165, 1.54) is 11.8 Å². The molecule has 1 amide bonds. The first kappa shape index (κ1) is 19.8. The molecule has 0 saturated heterocycles. The number of aromatic nitrogens is 1. The maximum Gasteiger partial charge on any atom is 0.239 e. The summed E-state index contributed by atoms with van der Waals surface area (Å²) in [5.74, 6) is 1.25. The molecule has 7 heteroatoms. The molecule has 2 aromatic heterocycles. The van der Waals surface area contributed by atoms with Crippen LogP contribution in [-0.4, -0.2) is 23.3 Å². The van der Waals surface area contributed by atoms with E-state index >= 15 is 0 Å². The maximum absolute atomic E-state index is 12.6. The lowest BCUT2D eigenvalue weighted by Gasteiger charge is -2.13. The first-order valence-electron chi connectivity index (χ1n) is 8.77. The Labute approximate surface area is 167 Å². The number of fused-ring (bicyclic) bond motifs is 1. The number of anilines is 1. The number of hydrogen-bond donors (Lipinski definition) is 1. The van der Waals surface area contributed by atoms with Gasteiger partial charge in [0.25, 0.3) is 0 Å². The highest BCUT2D eigenvalue weighted by atomic mass is 32.2. The number of nitriles is 1. The van der Waals surface area contributed by atoms with E-state index in [0.29, 0.717) is 17.1 Å². The largest absolute Gasteiger partial charge is 0.494 e. The number of carbonyl (C=O) groups excluding carboxylic acids is 1. The van der Waals surface area contributed by atoms with Gasteiger partial charge in [-0.1, -0.05) is 23.9 Å². The molecule has 144 valence electrons. The average molecular weight is 395 g/mol. The van der Waals surface area contributed by atoms with Crippen LogP contribution in [0.4, 0.5) is 5.88 Å². The van der Waals surface area contributed by atoms with E-state index in [1.54, 1.807) is 27.9 Å². The van der Waals surface area contributed by atoms with Crippen molar-refractivity contribution >= 4 is 34.5 Å². The van der Waals surface area contributed by atoms with Crippen LogP contribution in [0, 0.1) is 32.1 Å². The molecule has 1 unspecified atom stereocenters. The Kier molecular flexibility index (Phi) is 5.61. The molecule has 0 aliphatic heterocycles. The Morgan fingerprint density at radius 2 is 2.11 bits per heavy atom. The monoisotopic (exact) mass is 395 g/mol. The molecule has 0 fully saturated rings. The molecule has 6 nitrogen and oxygen atoms in total. The Bertz CT molecular complexity index is 1100. The molecule has 0 bridgehead atoms. The number of aryl methyl sites for hydroxylation is 2. The molecule has 3 aromatic rings. The van der Waals surface area contributed by atoms with Crippen molar-refractivity contribution in [1.82, 2.24) is 4.98 Å². The molecule has 3 rings (SSSR count). The van der Waals surface area contributed by atoms with Crippen molar-refractivity contribution in [3.63, 3.8) is 0 Å². The quantitative estimate of drug-likeness (QED) is 0.627. The van der Waals surface area contributed by atoms with Crippen molar-refractivity contribution in [3.05, 3.63) is 46.7 Å². The van der Waals surface area contributed by atoms with Gasteiger partial charge in [0.2, 0.25) is 11.8 Å². The first-order chi connectivity index (χ1) is 13.3. The van der Waals surface area contributed by atoms with Gasteiger partial charge in [0.15, 0.2) is 0 Å². The molecule has 2 heterocycles. The van der Waals surface area contributed by atoms with Gasteiger partial charge < -0.3 is 9.15 Å². The van der Waals surface area contributed by atoms with Crippen LogP contribution in [0.5, 0.6) is 5.75 Å². The zero-order valence-electron chi connectivity index (χ0n) is 16.4. The van der Waals surface area contributed by atoms with Crippen LogP contribution in [0.25, 0.3) is 10.9 Å². The predicted molar refractivity (Wildman–Crippen MR) is 110 cm³/mol. The van der Waals surface area contributed by atoms with E-state index in [0.717, 1.165) is 27.1 Å². The lowest BCUT2D eigenvalue weighted by molar-refractivity contribution is -0.115. The normalized spacial score (nSPS) is 11.9. The number of rotatable bonds is 5. The number of benzene rings is 1. The summed E-state index contributed by atoms with van der Waals surface area (Å²) < 4.78 is 10.9. The Hall–Kier alpha value is -2.98. The van der Waals surface area contributed by atoms with Crippen molar-refractivity contribution in [1.29, 1.82) is 5.26 Å². The molecule has 28 heavy (non-hydrogen) atoms. The van der Waals surface area contributed by atoms with Gasteiger partial charge in [0, 0.05) is 10.9 Å². The van der Waals surface area contributed by atoms with Gasteiger partial charge in [-0.05, 0) is 45.4 Å². The van der Waals surface area contributed by atoms with Crippen LogP contribution in [0.2, 0.25) is 0 Å². The molecule has 1 N–H and O–H groups in total. The number of ether oxygens (including phenoxy) is 1. The smallest absolute Gasteiger partial charge is 0.239 e. The lowest BCUT2D eigenvalue weighted by Crippen LogP contribution is -2.22. The molecule has 1 aromatic carbocycles. The minimum atomic E-state index is -0.434. The van der Waals surface area contributed by atoms with Gasteiger partial charge >= 0.3 is 0 Å². The minimum Gasteiger partial charge on any atom is -0.494 e. The highest BCUT2D eigenvalue weighted by Crippen LogP contribution is 2.32. The van der Waals surface area contributed by atoms with Crippen molar-refractivity contribution in [2.24, 2.45) is 0 Å². The molecule has 0 spiro atoms. The zero-order valence-corrected chi connectivity index (χ0v) is 17.2. The summed E-state index contributed by atoms with van der Waals surface area (Å²) in [4.78, 5) is 17.3. The van der Waals surface area contributed by atoms with E-state index in [4.69, 9.17) is 9.15 Å². The molecule has 0 radical (unpaired) electrons. The number of thioether (sulfide) groups is 1.